The van der Waals surface area contributed by atoms with Crippen molar-refractivity contribution in [3.05, 3.63) is 17.8 Å². The lowest BCUT2D eigenvalue weighted by molar-refractivity contribution is -0.141. The first kappa shape index (κ1) is 15.0. The summed E-state index contributed by atoms with van der Waals surface area (Å²) in [5.74, 6) is 0.519. The third-order valence-corrected chi connectivity index (χ3v) is 3.37. The van der Waals surface area contributed by atoms with Crippen LogP contribution in [0.25, 0.3) is 0 Å². The molecule has 0 radical (unpaired) electrons. The van der Waals surface area contributed by atoms with E-state index in [1.807, 2.05) is 4.90 Å². The maximum atomic E-state index is 12.5. The molecule has 1 N–H and O–H groups in total. The number of nitrogens with zero attached hydrogens (tertiary/aromatic N) is 3. The van der Waals surface area contributed by atoms with Crippen LogP contribution in [0, 0.1) is 0 Å². The van der Waals surface area contributed by atoms with Gasteiger partial charge in [-0.1, -0.05) is 13.8 Å². The standard InChI is InChI=1S/C13H19F3N4/c1-9(2)17-8-10-4-3-7-20(10)12-6-5-11(18-19-12)13(14,15)16/h5-6,9-10,17H,3-4,7-8H2,1-2H3. The van der Waals surface area contributed by atoms with Crippen LogP contribution in [-0.4, -0.2) is 35.4 Å². The molecular weight excluding hydrogens is 269 g/mol. The number of hydrogen-bond donors (Lipinski definition) is 1. The Morgan fingerprint density at radius 3 is 2.65 bits per heavy atom. The molecule has 1 unspecified atom stereocenters. The van der Waals surface area contributed by atoms with E-state index in [0.29, 0.717) is 11.9 Å². The smallest absolute Gasteiger partial charge is 0.351 e. The molecule has 0 spiro atoms. The van der Waals surface area contributed by atoms with Crippen LogP contribution in [0.15, 0.2) is 12.1 Å². The van der Waals surface area contributed by atoms with Gasteiger partial charge in [-0.05, 0) is 25.0 Å². The highest BCUT2D eigenvalue weighted by Gasteiger charge is 2.33. The highest BCUT2D eigenvalue weighted by molar-refractivity contribution is 5.40. The van der Waals surface area contributed by atoms with Crippen molar-refractivity contribution in [1.82, 2.24) is 15.5 Å². The van der Waals surface area contributed by atoms with Gasteiger partial charge in [0.2, 0.25) is 0 Å². The van der Waals surface area contributed by atoms with Crippen molar-refractivity contribution in [3.8, 4) is 0 Å². The van der Waals surface area contributed by atoms with E-state index in [0.717, 1.165) is 32.0 Å². The average molecular weight is 288 g/mol. The molecular formula is C13H19F3N4. The van der Waals surface area contributed by atoms with Crippen molar-refractivity contribution in [2.75, 3.05) is 18.0 Å². The molecule has 1 aromatic heterocycles. The SMILES string of the molecule is CC(C)NCC1CCCN1c1ccc(C(F)(F)F)nn1. The topological polar surface area (TPSA) is 41.0 Å². The van der Waals surface area contributed by atoms with Crippen LogP contribution in [0.3, 0.4) is 0 Å². The fourth-order valence-electron chi connectivity index (χ4n) is 2.35. The molecule has 20 heavy (non-hydrogen) atoms. The molecule has 2 heterocycles. The predicted molar refractivity (Wildman–Crippen MR) is 70.5 cm³/mol. The number of alkyl halides is 3. The van der Waals surface area contributed by atoms with Crippen LogP contribution in [0.4, 0.5) is 19.0 Å². The molecule has 7 heteroatoms. The van der Waals surface area contributed by atoms with Crippen LogP contribution in [0.2, 0.25) is 0 Å². The molecule has 0 saturated carbocycles. The van der Waals surface area contributed by atoms with Gasteiger partial charge in [0, 0.05) is 25.2 Å². The summed E-state index contributed by atoms with van der Waals surface area (Å²) in [7, 11) is 0. The van der Waals surface area contributed by atoms with Gasteiger partial charge in [0.1, 0.15) is 0 Å². The molecule has 1 saturated heterocycles. The van der Waals surface area contributed by atoms with Gasteiger partial charge >= 0.3 is 6.18 Å². The van der Waals surface area contributed by atoms with E-state index in [9.17, 15) is 13.2 Å². The van der Waals surface area contributed by atoms with Crippen molar-refractivity contribution >= 4 is 5.82 Å². The summed E-state index contributed by atoms with van der Waals surface area (Å²) in [5, 5.41) is 10.4. The lowest BCUT2D eigenvalue weighted by Crippen LogP contribution is -2.40. The molecule has 1 atom stereocenters. The minimum absolute atomic E-state index is 0.267. The van der Waals surface area contributed by atoms with Crippen molar-refractivity contribution in [2.45, 2.75) is 44.9 Å². The Balaban J connectivity index is 2.06. The van der Waals surface area contributed by atoms with Crippen LogP contribution in [0.1, 0.15) is 32.4 Å². The van der Waals surface area contributed by atoms with Gasteiger partial charge in [-0.3, -0.25) is 0 Å². The van der Waals surface area contributed by atoms with E-state index < -0.39 is 11.9 Å². The molecule has 1 aromatic rings. The van der Waals surface area contributed by atoms with Crippen molar-refractivity contribution < 1.29 is 13.2 Å². The molecule has 0 amide bonds. The molecule has 0 aromatic carbocycles. The van der Waals surface area contributed by atoms with Gasteiger partial charge in [-0.15, -0.1) is 10.2 Å². The summed E-state index contributed by atoms with van der Waals surface area (Å²) in [4.78, 5) is 2.03. The minimum Gasteiger partial charge on any atom is -0.351 e. The van der Waals surface area contributed by atoms with Gasteiger partial charge in [0.15, 0.2) is 11.5 Å². The summed E-state index contributed by atoms with van der Waals surface area (Å²) in [6.45, 7) is 5.75. The first-order valence-electron chi connectivity index (χ1n) is 6.79. The quantitative estimate of drug-likeness (QED) is 0.924. The molecule has 0 bridgehead atoms. The minimum atomic E-state index is -4.44. The van der Waals surface area contributed by atoms with Crippen molar-refractivity contribution in [1.29, 1.82) is 0 Å². The Hall–Kier alpha value is -1.37. The zero-order chi connectivity index (χ0) is 14.8. The Labute approximate surface area is 116 Å². The first-order chi connectivity index (χ1) is 9.38. The second-order valence-electron chi connectivity index (χ2n) is 5.33. The monoisotopic (exact) mass is 288 g/mol. The Kier molecular flexibility index (Phi) is 4.47. The first-order valence-corrected chi connectivity index (χ1v) is 6.79. The predicted octanol–water partition coefficient (Wildman–Crippen LogP) is 2.46. The maximum Gasteiger partial charge on any atom is 0.435 e. The summed E-state index contributed by atoms with van der Waals surface area (Å²) in [6.07, 6.45) is -2.40. The molecule has 2 rings (SSSR count). The van der Waals surface area contributed by atoms with Crippen LogP contribution >= 0.6 is 0 Å². The van der Waals surface area contributed by atoms with Gasteiger partial charge in [-0.25, -0.2) is 0 Å². The Morgan fingerprint density at radius 1 is 1.35 bits per heavy atom. The molecule has 4 nitrogen and oxygen atoms in total. The molecule has 1 aliphatic rings. The van der Waals surface area contributed by atoms with Gasteiger partial charge in [0.05, 0.1) is 0 Å². The van der Waals surface area contributed by atoms with Crippen LogP contribution in [0.5, 0.6) is 0 Å². The largest absolute Gasteiger partial charge is 0.435 e. The Morgan fingerprint density at radius 2 is 2.10 bits per heavy atom. The number of anilines is 1. The fraction of sp³-hybridized carbons (Fsp3) is 0.692. The number of aromatic nitrogens is 2. The third-order valence-electron chi connectivity index (χ3n) is 3.37. The summed E-state index contributed by atoms with van der Waals surface area (Å²) in [5.41, 5.74) is -0.947. The van der Waals surface area contributed by atoms with Gasteiger partial charge in [-0.2, -0.15) is 13.2 Å². The zero-order valence-electron chi connectivity index (χ0n) is 11.6. The summed E-state index contributed by atoms with van der Waals surface area (Å²) < 4.78 is 37.4. The van der Waals surface area contributed by atoms with Crippen molar-refractivity contribution in [3.63, 3.8) is 0 Å². The second-order valence-corrected chi connectivity index (χ2v) is 5.33. The molecule has 1 fully saturated rings. The maximum absolute atomic E-state index is 12.5. The normalized spacial score (nSPS) is 19.9. The van der Waals surface area contributed by atoms with E-state index in [1.165, 1.54) is 6.07 Å². The lowest BCUT2D eigenvalue weighted by Gasteiger charge is -2.26. The molecule has 112 valence electrons. The van der Waals surface area contributed by atoms with E-state index in [2.05, 4.69) is 29.4 Å². The highest BCUT2D eigenvalue weighted by atomic mass is 19.4. The van der Waals surface area contributed by atoms with E-state index >= 15 is 0 Å². The highest BCUT2D eigenvalue weighted by Crippen LogP contribution is 2.29. The van der Waals surface area contributed by atoms with Crippen LogP contribution < -0.4 is 10.2 Å². The lowest BCUT2D eigenvalue weighted by atomic mass is 10.2. The van der Waals surface area contributed by atoms with Crippen LogP contribution in [-0.2, 0) is 6.18 Å². The number of halogens is 3. The van der Waals surface area contributed by atoms with Crippen molar-refractivity contribution in [2.24, 2.45) is 0 Å². The fourth-order valence-corrected chi connectivity index (χ4v) is 2.35. The van der Waals surface area contributed by atoms with Gasteiger partial charge < -0.3 is 10.2 Å². The molecule has 0 aliphatic carbocycles. The van der Waals surface area contributed by atoms with E-state index in [4.69, 9.17) is 0 Å². The second kappa shape index (κ2) is 5.95. The summed E-state index contributed by atoms with van der Waals surface area (Å²) >= 11 is 0. The number of hydrogen-bond acceptors (Lipinski definition) is 4. The number of nitrogens with one attached hydrogen (secondary N) is 1. The Bertz CT molecular complexity index is 430. The van der Waals surface area contributed by atoms with E-state index in [-0.39, 0.29) is 6.04 Å². The molecule has 1 aliphatic heterocycles. The van der Waals surface area contributed by atoms with E-state index in [1.54, 1.807) is 0 Å². The average Bonchev–Trinajstić information content (AvgIpc) is 2.83. The number of rotatable bonds is 4. The third kappa shape index (κ3) is 3.59. The summed E-state index contributed by atoms with van der Waals surface area (Å²) in [6, 6.07) is 3.05. The zero-order valence-corrected chi connectivity index (χ0v) is 11.6. The van der Waals surface area contributed by atoms with Gasteiger partial charge in [0.25, 0.3) is 0 Å².